The molecule has 0 spiro atoms. The highest BCUT2D eigenvalue weighted by Gasteiger charge is 2.26. The number of ether oxygens (including phenoxy) is 1. The molecule has 0 unspecified atom stereocenters. The standard InChI is InChI=1S/C24H28N4O2/c1-17-5-10-22(18(2)15-17)26-11-13-27(14-12-26)24(29)23-16-19(3)25-28(23)20-6-8-21(30-4)9-7-20/h5-10,15-16H,11-14H2,1-4H3. The quantitative estimate of drug-likeness (QED) is 0.664. The van der Waals surface area contributed by atoms with Crippen LogP contribution in [0.25, 0.3) is 5.69 Å². The molecule has 30 heavy (non-hydrogen) atoms. The molecule has 1 aliphatic heterocycles. The summed E-state index contributed by atoms with van der Waals surface area (Å²) in [6.07, 6.45) is 0. The minimum Gasteiger partial charge on any atom is -0.497 e. The van der Waals surface area contributed by atoms with Gasteiger partial charge in [-0.2, -0.15) is 5.10 Å². The van der Waals surface area contributed by atoms with Gasteiger partial charge < -0.3 is 14.5 Å². The van der Waals surface area contributed by atoms with Gasteiger partial charge in [-0.15, -0.1) is 0 Å². The van der Waals surface area contributed by atoms with E-state index in [2.05, 4.69) is 42.0 Å². The molecule has 6 nitrogen and oxygen atoms in total. The molecular weight excluding hydrogens is 376 g/mol. The van der Waals surface area contributed by atoms with E-state index in [1.807, 2.05) is 42.2 Å². The second-order valence-corrected chi connectivity index (χ2v) is 7.85. The number of rotatable bonds is 4. The maximum absolute atomic E-state index is 13.3. The summed E-state index contributed by atoms with van der Waals surface area (Å²) >= 11 is 0. The van der Waals surface area contributed by atoms with Crippen molar-refractivity contribution in [3.63, 3.8) is 0 Å². The SMILES string of the molecule is COc1ccc(-n2nc(C)cc2C(=O)N2CCN(c3ccc(C)cc3C)CC2)cc1. The van der Waals surface area contributed by atoms with E-state index in [1.54, 1.807) is 11.8 Å². The average molecular weight is 405 g/mol. The number of nitrogens with zero attached hydrogens (tertiary/aromatic N) is 4. The van der Waals surface area contributed by atoms with E-state index in [0.717, 1.165) is 30.2 Å². The molecule has 3 aromatic rings. The summed E-state index contributed by atoms with van der Waals surface area (Å²) < 4.78 is 6.96. The third kappa shape index (κ3) is 3.90. The van der Waals surface area contributed by atoms with Crippen molar-refractivity contribution in [2.45, 2.75) is 20.8 Å². The van der Waals surface area contributed by atoms with Crippen molar-refractivity contribution in [1.29, 1.82) is 0 Å². The predicted molar refractivity (Wildman–Crippen MR) is 119 cm³/mol. The fourth-order valence-electron chi connectivity index (χ4n) is 4.04. The molecule has 0 atom stereocenters. The smallest absolute Gasteiger partial charge is 0.272 e. The lowest BCUT2D eigenvalue weighted by molar-refractivity contribution is 0.0737. The minimum absolute atomic E-state index is 0.0201. The van der Waals surface area contributed by atoms with Crippen molar-refractivity contribution < 1.29 is 9.53 Å². The molecule has 0 saturated carbocycles. The molecule has 0 bridgehead atoms. The number of carbonyl (C=O) groups excluding carboxylic acids is 1. The van der Waals surface area contributed by atoms with Crippen LogP contribution in [0.3, 0.4) is 0 Å². The Labute approximate surface area is 177 Å². The molecule has 0 radical (unpaired) electrons. The molecule has 1 aromatic heterocycles. The van der Waals surface area contributed by atoms with Gasteiger partial charge in [-0.25, -0.2) is 4.68 Å². The van der Waals surface area contributed by atoms with E-state index in [0.29, 0.717) is 18.8 Å². The average Bonchev–Trinajstić information content (AvgIpc) is 3.15. The second-order valence-electron chi connectivity index (χ2n) is 7.85. The normalized spacial score (nSPS) is 14.1. The van der Waals surface area contributed by atoms with Crippen molar-refractivity contribution in [3.05, 3.63) is 71.0 Å². The highest BCUT2D eigenvalue weighted by molar-refractivity contribution is 5.93. The number of aromatic nitrogens is 2. The largest absolute Gasteiger partial charge is 0.497 e. The lowest BCUT2D eigenvalue weighted by Crippen LogP contribution is -2.49. The molecule has 2 heterocycles. The van der Waals surface area contributed by atoms with Crippen LogP contribution in [0, 0.1) is 20.8 Å². The van der Waals surface area contributed by atoms with E-state index >= 15 is 0 Å². The zero-order valence-electron chi connectivity index (χ0n) is 18.1. The summed E-state index contributed by atoms with van der Waals surface area (Å²) in [5.41, 5.74) is 6.07. The van der Waals surface area contributed by atoms with Crippen molar-refractivity contribution in [2.24, 2.45) is 0 Å². The molecule has 156 valence electrons. The zero-order valence-corrected chi connectivity index (χ0v) is 18.1. The first-order valence-electron chi connectivity index (χ1n) is 10.3. The fraction of sp³-hybridized carbons (Fsp3) is 0.333. The van der Waals surface area contributed by atoms with Crippen LogP contribution in [0.2, 0.25) is 0 Å². The van der Waals surface area contributed by atoms with Crippen LogP contribution < -0.4 is 9.64 Å². The Kier molecular flexibility index (Phi) is 5.48. The lowest BCUT2D eigenvalue weighted by Gasteiger charge is -2.36. The number of hydrogen-bond acceptors (Lipinski definition) is 4. The van der Waals surface area contributed by atoms with Crippen LogP contribution in [0.15, 0.2) is 48.5 Å². The Morgan fingerprint density at radius 1 is 0.933 bits per heavy atom. The summed E-state index contributed by atoms with van der Waals surface area (Å²) in [6.45, 7) is 9.21. The van der Waals surface area contributed by atoms with Gasteiger partial charge in [0.2, 0.25) is 0 Å². The second kappa shape index (κ2) is 8.22. The minimum atomic E-state index is 0.0201. The Hall–Kier alpha value is -3.28. The molecule has 4 rings (SSSR count). The van der Waals surface area contributed by atoms with Gasteiger partial charge in [-0.1, -0.05) is 17.7 Å². The summed E-state index contributed by atoms with van der Waals surface area (Å²) in [6, 6.07) is 16.0. The number of carbonyl (C=O) groups is 1. The van der Waals surface area contributed by atoms with Gasteiger partial charge in [0.15, 0.2) is 0 Å². The van der Waals surface area contributed by atoms with Crippen molar-refractivity contribution in [2.75, 3.05) is 38.2 Å². The monoisotopic (exact) mass is 404 g/mol. The van der Waals surface area contributed by atoms with Crippen molar-refractivity contribution in [1.82, 2.24) is 14.7 Å². The van der Waals surface area contributed by atoms with Gasteiger partial charge in [0.05, 0.1) is 18.5 Å². The Morgan fingerprint density at radius 3 is 2.27 bits per heavy atom. The summed E-state index contributed by atoms with van der Waals surface area (Å²) in [7, 11) is 1.64. The van der Waals surface area contributed by atoms with Crippen LogP contribution in [0.4, 0.5) is 5.69 Å². The van der Waals surface area contributed by atoms with Crippen LogP contribution >= 0.6 is 0 Å². The first-order chi connectivity index (χ1) is 14.5. The summed E-state index contributed by atoms with van der Waals surface area (Å²) in [5.74, 6) is 0.796. The Morgan fingerprint density at radius 2 is 1.63 bits per heavy atom. The number of benzene rings is 2. The third-order valence-corrected chi connectivity index (χ3v) is 5.63. The van der Waals surface area contributed by atoms with E-state index in [4.69, 9.17) is 4.74 Å². The van der Waals surface area contributed by atoms with Gasteiger partial charge >= 0.3 is 0 Å². The molecule has 6 heteroatoms. The molecule has 1 fully saturated rings. The third-order valence-electron chi connectivity index (χ3n) is 5.63. The molecule has 1 aliphatic rings. The maximum Gasteiger partial charge on any atom is 0.272 e. The number of aryl methyl sites for hydroxylation is 3. The number of methoxy groups -OCH3 is 1. The molecule has 0 N–H and O–H groups in total. The van der Waals surface area contributed by atoms with Gasteiger partial charge in [0.1, 0.15) is 11.4 Å². The number of piperazine rings is 1. The highest BCUT2D eigenvalue weighted by atomic mass is 16.5. The van der Waals surface area contributed by atoms with Crippen LogP contribution in [-0.4, -0.2) is 53.9 Å². The van der Waals surface area contributed by atoms with Gasteiger partial charge in [-0.3, -0.25) is 4.79 Å². The first-order valence-corrected chi connectivity index (χ1v) is 10.3. The Bertz CT molecular complexity index is 1050. The first kappa shape index (κ1) is 20.0. The Balaban J connectivity index is 1.50. The van der Waals surface area contributed by atoms with E-state index in [-0.39, 0.29) is 5.91 Å². The van der Waals surface area contributed by atoms with Crippen LogP contribution in [-0.2, 0) is 0 Å². The lowest BCUT2D eigenvalue weighted by atomic mass is 10.1. The van der Waals surface area contributed by atoms with Crippen LogP contribution in [0.1, 0.15) is 27.3 Å². The fourth-order valence-corrected chi connectivity index (χ4v) is 4.04. The van der Waals surface area contributed by atoms with Gasteiger partial charge in [0.25, 0.3) is 5.91 Å². The van der Waals surface area contributed by atoms with Crippen LogP contribution in [0.5, 0.6) is 5.75 Å². The number of amides is 1. The maximum atomic E-state index is 13.3. The molecule has 2 aromatic carbocycles. The number of anilines is 1. The van der Waals surface area contributed by atoms with E-state index < -0.39 is 0 Å². The predicted octanol–water partition coefficient (Wildman–Crippen LogP) is 3.77. The molecule has 0 aliphatic carbocycles. The summed E-state index contributed by atoms with van der Waals surface area (Å²) in [5, 5.41) is 4.55. The van der Waals surface area contributed by atoms with E-state index in [9.17, 15) is 4.79 Å². The summed E-state index contributed by atoms with van der Waals surface area (Å²) in [4.78, 5) is 17.6. The van der Waals surface area contributed by atoms with Crippen molar-refractivity contribution >= 4 is 11.6 Å². The number of hydrogen-bond donors (Lipinski definition) is 0. The van der Waals surface area contributed by atoms with Gasteiger partial charge in [0, 0.05) is 31.9 Å². The zero-order chi connectivity index (χ0) is 21.3. The molecular formula is C24H28N4O2. The highest BCUT2D eigenvalue weighted by Crippen LogP contribution is 2.24. The molecule has 1 saturated heterocycles. The molecule has 1 amide bonds. The van der Waals surface area contributed by atoms with E-state index in [1.165, 1.54) is 16.8 Å². The van der Waals surface area contributed by atoms with Gasteiger partial charge in [-0.05, 0) is 62.7 Å². The topological polar surface area (TPSA) is 50.6 Å². The van der Waals surface area contributed by atoms with Crippen molar-refractivity contribution in [3.8, 4) is 11.4 Å².